The highest BCUT2D eigenvalue weighted by Crippen LogP contribution is 2.25. The van der Waals surface area contributed by atoms with E-state index in [0.29, 0.717) is 35.0 Å². The third-order valence-corrected chi connectivity index (χ3v) is 6.09. The zero-order chi connectivity index (χ0) is 22.0. The van der Waals surface area contributed by atoms with Gasteiger partial charge in [0, 0.05) is 12.3 Å². The van der Waals surface area contributed by atoms with Gasteiger partial charge >= 0.3 is 0 Å². The van der Waals surface area contributed by atoms with Crippen LogP contribution in [-0.2, 0) is 18.8 Å². The molecular formula is C23H23FN4O2S. The Kier molecular flexibility index (Phi) is 6.08. The van der Waals surface area contributed by atoms with Crippen LogP contribution in [0.5, 0.6) is 5.75 Å². The normalized spacial score (nSPS) is 11.2. The summed E-state index contributed by atoms with van der Waals surface area (Å²) in [6.45, 7) is 4.76. The predicted molar refractivity (Wildman–Crippen MR) is 120 cm³/mol. The van der Waals surface area contributed by atoms with E-state index in [9.17, 15) is 9.18 Å². The molecule has 0 saturated carbocycles. The highest BCUT2D eigenvalue weighted by atomic mass is 32.2. The topological polar surface area (TPSA) is 61.9 Å². The van der Waals surface area contributed by atoms with Crippen LogP contribution >= 0.6 is 11.8 Å². The van der Waals surface area contributed by atoms with Gasteiger partial charge in [0.15, 0.2) is 10.7 Å². The van der Waals surface area contributed by atoms with Gasteiger partial charge in [0.25, 0.3) is 5.56 Å². The molecule has 31 heavy (non-hydrogen) atoms. The van der Waals surface area contributed by atoms with Gasteiger partial charge in [-0.1, -0.05) is 36.0 Å². The van der Waals surface area contributed by atoms with Gasteiger partial charge in [-0.25, -0.2) is 9.37 Å². The largest absolute Gasteiger partial charge is 0.497 e. The van der Waals surface area contributed by atoms with Crippen molar-refractivity contribution in [2.45, 2.75) is 37.8 Å². The molecule has 0 spiro atoms. The highest BCUT2D eigenvalue weighted by Gasteiger charge is 2.18. The molecule has 0 atom stereocenters. The lowest BCUT2D eigenvalue weighted by atomic mass is 10.2. The molecule has 6 nitrogen and oxygen atoms in total. The number of rotatable bonds is 7. The summed E-state index contributed by atoms with van der Waals surface area (Å²) < 4.78 is 22.2. The van der Waals surface area contributed by atoms with Crippen LogP contribution in [0.4, 0.5) is 4.39 Å². The zero-order valence-corrected chi connectivity index (χ0v) is 18.4. The summed E-state index contributed by atoms with van der Waals surface area (Å²) in [5.41, 5.74) is 3.48. The number of ether oxygens (including phenoxy) is 1. The maximum absolute atomic E-state index is 13.6. The molecule has 4 rings (SSSR count). The summed E-state index contributed by atoms with van der Waals surface area (Å²) in [7, 11) is 1.62. The van der Waals surface area contributed by atoms with Crippen LogP contribution in [0.15, 0.2) is 58.5 Å². The number of thioether (sulfide) groups is 1. The second-order valence-corrected chi connectivity index (χ2v) is 8.09. The number of benzene rings is 2. The summed E-state index contributed by atoms with van der Waals surface area (Å²) in [6, 6.07) is 14.1. The van der Waals surface area contributed by atoms with E-state index in [4.69, 9.17) is 9.72 Å². The summed E-state index contributed by atoms with van der Waals surface area (Å²) >= 11 is 1.41. The van der Waals surface area contributed by atoms with Gasteiger partial charge in [0.2, 0.25) is 0 Å². The number of halogens is 1. The summed E-state index contributed by atoms with van der Waals surface area (Å²) in [6.07, 6.45) is 0. The van der Waals surface area contributed by atoms with Crippen LogP contribution in [-0.4, -0.2) is 26.4 Å². The van der Waals surface area contributed by atoms with Gasteiger partial charge in [-0.2, -0.15) is 5.10 Å². The Hall–Kier alpha value is -3.13. The van der Waals surface area contributed by atoms with Crippen molar-refractivity contribution in [1.29, 1.82) is 0 Å². The Bertz CT molecular complexity index is 1280. The zero-order valence-electron chi connectivity index (χ0n) is 17.6. The number of hydrogen-bond donors (Lipinski definition) is 0. The van der Waals surface area contributed by atoms with E-state index >= 15 is 0 Å². The first-order chi connectivity index (χ1) is 15.0. The maximum atomic E-state index is 13.6. The number of aryl methyl sites for hydroxylation is 2. The van der Waals surface area contributed by atoms with Crippen LogP contribution in [0.25, 0.3) is 11.0 Å². The van der Waals surface area contributed by atoms with E-state index in [-0.39, 0.29) is 11.4 Å². The Morgan fingerprint density at radius 2 is 1.90 bits per heavy atom. The first-order valence-corrected chi connectivity index (χ1v) is 11.0. The van der Waals surface area contributed by atoms with Gasteiger partial charge in [0.05, 0.1) is 19.3 Å². The molecule has 0 fully saturated rings. The number of aromatic nitrogens is 4. The molecule has 0 aliphatic heterocycles. The smallest absolute Gasteiger partial charge is 0.280 e. The fraction of sp³-hybridized carbons (Fsp3) is 0.261. The molecule has 0 radical (unpaired) electrons. The molecule has 0 unspecified atom stereocenters. The molecule has 0 aliphatic carbocycles. The fourth-order valence-corrected chi connectivity index (χ4v) is 4.39. The monoisotopic (exact) mass is 438 g/mol. The van der Waals surface area contributed by atoms with Gasteiger partial charge < -0.3 is 4.74 Å². The van der Waals surface area contributed by atoms with Crippen LogP contribution in [0, 0.1) is 12.7 Å². The Labute approximate surface area is 183 Å². The average molecular weight is 439 g/mol. The first-order valence-electron chi connectivity index (χ1n) is 9.98. The lowest BCUT2D eigenvalue weighted by Gasteiger charge is -2.13. The number of fused-ring (bicyclic) bond motifs is 1. The van der Waals surface area contributed by atoms with Crippen LogP contribution < -0.4 is 10.3 Å². The third kappa shape index (κ3) is 4.34. The minimum absolute atomic E-state index is 0.134. The molecule has 0 bridgehead atoms. The van der Waals surface area contributed by atoms with Crippen molar-refractivity contribution >= 4 is 22.8 Å². The maximum Gasteiger partial charge on any atom is 0.280 e. The Balaban J connectivity index is 1.78. The summed E-state index contributed by atoms with van der Waals surface area (Å²) in [5.74, 6) is 0.974. The predicted octanol–water partition coefficient (Wildman–Crippen LogP) is 4.41. The van der Waals surface area contributed by atoms with E-state index in [1.54, 1.807) is 22.4 Å². The Morgan fingerprint density at radius 1 is 1.13 bits per heavy atom. The highest BCUT2D eigenvalue weighted by molar-refractivity contribution is 7.98. The number of methoxy groups -OCH3 is 1. The number of hydrogen-bond acceptors (Lipinski definition) is 5. The Morgan fingerprint density at radius 3 is 2.58 bits per heavy atom. The SMILES string of the molecule is CCn1nc(C)c2nc(SCc3cccc(F)c3)n(Cc3ccc(OC)cc3)c(=O)c21. The fourth-order valence-electron chi connectivity index (χ4n) is 3.45. The minimum atomic E-state index is -0.280. The van der Waals surface area contributed by atoms with Gasteiger partial charge in [-0.3, -0.25) is 14.0 Å². The van der Waals surface area contributed by atoms with Crippen LogP contribution in [0.2, 0.25) is 0 Å². The van der Waals surface area contributed by atoms with Gasteiger partial charge in [-0.05, 0) is 49.2 Å². The molecule has 160 valence electrons. The van der Waals surface area contributed by atoms with Crippen molar-refractivity contribution in [2.75, 3.05) is 7.11 Å². The van der Waals surface area contributed by atoms with Crippen molar-refractivity contribution in [2.24, 2.45) is 0 Å². The minimum Gasteiger partial charge on any atom is -0.497 e. The summed E-state index contributed by atoms with van der Waals surface area (Å²) in [4.78, 5) is 18.3. The standard InChI is InChI=1S/C23H23FN4O2S/c1-4-28-21-20(15(2)26-28)25-23(31-14-17-6-5-7-18(24)12-17)27(22(21)29)13-16-8-10-19(30-3)11-9-16/h5-12H,4,13-14H2,1-3H3. The van der Waals surface area contributed by atoms with Crippen LogP contribution in [0.3, 0.4) is 0 Å². The van der Waals surface area contributed by atoms with E-state index in [2.05, 4.69) is 5.10 Å². The number of nitrogens with zero attached hydrogens (tertiary/aromatic N) is 4. The van der Waals surface area contributed by atoms with Gasteiger partial charge in [-0.15, -0.1) is 0 Å². The van der Waals surface area contributed by atoms with E-state index < -0.39 is 0 Å². The molecular weight excluding hydrogens is 415 g/mol. The van der Waals surface area contributed by atoms with Crippen molar-refractivity contribution in [3.8, 4) is 5.75 Å². The van der Waals surface area contributed by atoms with Crippen molar-refractivity contribution in [3.63, 3.8) is 0 Å². The third-order valence-electron chi connectivity index (χ3n) is 5.04. The molecule has 0 N–H and O–H groups in total. The molecule has 2 aromatic heterocycles. The molecule has 2 heterocycles. The average Bonchev–Trinajstić information content (AvgIpc) is 3.10. The van der Waals surface area contributed by atoms with Crippen molar-refractivity contribution in [3.05, 3.63) is 81.5 Å². The molecule has 0 saturated heterocycles. The molecule has 0 aliphatic rings. The molecule has 2 aromatic carbocycles. The lowest BCUT2D eigenvalue weighted by Crippen LogP contribution is -2.25. The van der Waals surface area contributed by atoms with E-state index in [1.807, 2.05) is 44.2 Å². The van der Waals surface area contributed by atoms with Crippen molar-refractivity contribution in [1.82, 2.24) is 19.3 Å². The molecule has 4 aromatic rings. The van der Waals surface area contributed by atoms with Gasteiger partial charge in [0.1, 0.15) is 17.1 Å². The second-order valence-electron chi connectivity index (χ2n) is 7.15. The molecule has 0 amide bonds. The quantitative estimate of drug-likeness (QED) is 0.316. The first kappa shape index (κ1) is 21.1. The van der Waals surface area contributed by atoms with E-state index in [0.717, 1.165) is 22.6 Å². The molecule has 8 heteroatoms. The summed E-state index contributed by atoms with van der Waals surface area (Å²) in [5, 5.41) is 5.06. The lowest BCUT2D eigenvalue weighted by molar-refractivity contribution is 0.414. The second kappa shape index (κ2) is 8.93. The van der Waals surface area contributed by atoms with Crippen LogP contribution in [0.1, 0.15) is 23.7 Å². The van der Waals surface area contributed by atoms with Crippen molar-refractivity contribution < 1.29 is 9.13 Å². The van der Waals surface area contributed by atoms with E-state index in [1.165, 1.54) is 23.9 Å².